The molecule has 0 spiro atoms. The van der Waals surface area contributed by atoms with E-state index in [1.807, 2.05) is 0 Å². The van der Waals surface area contributed by atoms with Crippen LogP contribution in [0.1, 0.15) is 12.1 Å². The highest BCUT2D eigenvalue weighted by Gasteiger charge is 2.37. The lowest BCUT2D eigenvalue weighted by atomic mass is 10.3. The van der Waals surface area contributed by atoms with Crippen molar-refractivity contribution in [2.24, 2.45) is 0 Å². The average Bonchev–Trinajstić information content (AvgIpc) is 2.69. The summed E-state index contributed by atoms with van der Waals surface area (Å²) >= 11 is 0. The van der Waals surface area contributed by atoms with Crippen LogP contribution in [0.3, 0.4) is 0 Å². The highest BCUT2D eigenvalue weighted by atomic mass is 32.3. The van der Waals surface area contributed by atoms with E-state index in [0.29, 0.717) is 13.0 Å². The molecule has 0 aromatic carbocycles. The molecule has 1 aromatic rings. The molecule has 1 atom stereocenters. The van der Waals surface area contributed by atoms with Gasteiger partial charge in [0, 0.05) is 37.8 Å². The summed E-state index contributed by atoms with van der Waals surface area (Å²) in [6.45, 7) is 0.255. The van der Waals surface area contributed by atoms with Crippen molar-refractivity contribution in [3.8, 4) is 0 Å². The van der Waals surface area contributed by atoms with Gasteiger partial charge < -0.3 is 4.90 Å². The van der Waals surface area contributed by atoms with E-state index in [0.717, 1.165) is 5.69 Å². The SMILES string of the molecule is O=C1CC(S(=O)(=O)F)CN1CCc1ccncn1. The molecule has 1 aliphatic rings. The van der Waals surface area contributed by atoms with Crippen LogP contribution in [0.2, 0.25) is 0 Å². The molecular weight excluding hydrogens is 261 g/mol. The molecule has 2 heterocycles. The molecule has 1 amide bonds. The Bertz CT molecular complexity index is 535. The molecule has 18 heavy (non-hydrogen) atoms. The first-order valence-electron chi connectivity index (χ1n) is 5.43. The Morgan fingerprint density at radius 3 is 2.83 bits per heavy atom. The van der Waals surface area contributed by atoms with Gasteiger partial charge in [-0.3, -0.25) is 4.79 Å². The summed E-state index contributed by atoms with van der Waals surface area (Å²) < 4.78 is 34.2. The Morgan fingerprint density at radius 2 is 2.28 bits per heavy atom. The number of hydrogen-bond acceptors (Lipinski definition) is 5. The topological polar surface area (TPSA) is 80.2 Å². The zero-order valence-corrected chi connectivity index (χ0v) is 10.3. The number of carbonyl (C=O) groups is 1. The summed E-state index contributed by atoms with van der Waals surface area (Å²) in [7, 11) is -4.64. The molecular formula is C10H12FN3O3S. The van der Waals surface area contributed by atoms with Crippen molar-refractivity contribution in [3.63, 3.8) is 0 Å². The van der Waals surface area contributed by atoms with Gasteiger partial charge in [-0.05, 0) is 6.07 Å². The summed E-state index contributed by atoms with van der Waals surface area (Å²) in [5.74, 6) is -0.338. The van der Waals surface area contributed by atoms with Crippen LogP contribution in [0.15, 0.2) is 18.6 Å². The Balaban J connectivity index is 1.94. The van der Waals surface area contributed by atoms with Crippen molar-refractivity contribution in [2.75, 3.05) is 13.1 Å². The molecule has 0 radical (unpaired) electrons. The minimum absolute atomic E-state index is 0.0806. The number of carbonyl (C=O) groups excluding carboxylic acids is 1. The second-order valence-corrected chi connectivity index (χ2v) is 5.71. The van der Waals surface area contributed by atoms with E-state index in [1.54, 1.807) is 12.3 Å². The number of nitrogens with zero attached hydrogens (tertiary/aromatic N) is 3. The quantitative estimate of drug-likeness (QED) is 0.717. The van der Waals surface area contributed by atoms with Crippen LogP contribution in [-0.2, 0) is 21.4 Å². The largest absolute Gasteiger partial charge is 0.341 e. The average molecular weight is 273 g/mol. The third kappa shape index (κ3) is 3.00. The highest BCUT2D eigenvalue weighted by Crippen LogP contribution is 2.19. The smallest absolute Gasteiger partial charge is 0.307 e. The fourth-order valence-electron chi connectivity index (χ4n) is 1.86. The molecule has 8 heteroatoms. The van der Waals surface area contributed by atoms with Crippen molar-refractivity contribution in [1.29, 1.82) is 0 Å². The third-order valence-corrected chi connectivity index (χ3v) is 3.97. The fourth-order valence-corrected chi connectivity index (χ4v) is 2.56. The van der Waals surface area contributed by atoms with E-state index in [1.165, 1.54) is 11.2 Å². The van der Waals surface area contributed by atoms with Crippen LogP contribution in [0.4, 0.5) is 3.89 Å². The lowest BCUT2D eigenvalue weighted by Gasteiger charge is -2.15. The van der Waals surface area contributed by atoms with Gasteiger partial charge in [0.25, 0.3) is 0 Å². The van der Waals surface area contributed by atoms with Crippen LogP contribution < -0.4 is 0 Å². The minimum atomic E-state index is -4.64. The second kappa shape index (κ2) is 4.97. The first-order valence-corrected chi connectivity index (χ1v) is 6.87. The van der Waals surface area contributed by atoms with E-state index < -0.39 is 15.5 Å². The number of halogens is 1. The van der Waals surface area contributed by atoms with Crippen molar-refractivity contribution in [3.05, 3.63) is 24.3 Å². The number of aromatic nitrogens is 2. The van der Waals surface area contributed by atoms with Gasteiger partial charge in [0.2, 0.25) is 5.91 Å². The predicted octanol–water partition coefficient (Wildman–Crippen LogP) is -0.0807. The Kier molecular flexibility index (Phi) is 3.55. The van der Waals surface area contributed by atoms with Gasteiger partial charge >= 0.3 is 10.2 Å². The number of hydrogen-bond donors (Lipinski definition) is 0. The molecule has 1 fully saturated rings. The predicted molar refractivity (Wildman–Crippen MR) is 60.7 cm³/mol. The van der Waals surface area contributed by atoms with Crippen LogP contribution in [0, 0.1) is 0 Å². The second-order valence-electron chi connectivity index (χ2n) is 4.09. The van der Waals surface area contributed by atoms with Gasteiger partial charge in [0.05, 0.1) is 0 Å². The monoisotopic (exact) mass is 273 g/mol. The molecule has 0 N–H and O–H groups in total. The van der Waals surface area contributed by atoms with Crippen LogP contribution >= 0.6 is 0 Å². The summed E-state index contributed by atoms with van der Waals surface area (Å²) in [4.78, 5) is 20.6. The van der Waals surface area contributed by atoms with Gasteiger partial charge in [-0.25, -0.2) is 9.97 Å². The van der Waals surface area contributed by atoms with Gasteiger partial charge in [0.1, 0.15) is 11.6 Å². The van der Waals surface area contributed by atoms with E-state index in [-0.39, 0.29) is 18.9 Å². The maximum absolute atomic E-state index is 12.8. The van der Waals surface area contributed by atoms with Crippen LogP contribution in [0.25, 0.3) is 0 Å². The first kappa shape index (κ1) is 12.9. The van der Waals surface area contributed by atoms with Crippen molar-refractivity contribution in [1.82, 2.24) is 14.9 Å². The number of likely N-dealkylation sites (tertiary alicyclic amines) is 1. The molecule has 2 rings (SSSR count). The fraction of sp³-hybridized carbons (Fsp3) is 0.500. The third-order valence-electron chi connectivity index (χ3n) is 2.86. The van der Waals surface area contributed by atoms with Crippen molar-refractivity contribution < 1.29 is 17.1 Å². The Morgan fingerprint density at radius 1 is 1.50 bits per heavy atom. The van der Waals surface area contributed by atoms with E-state index in [2.05, 4.69) is 9.97 Å². The van der Waals surface area contributed by atoms with Crippen LogP contribution in [-0.4, -0.2) is 47.5 Å². The normalized spacial score (nSPS) is 20.4. The Hall–Kier alpha value is -1.57. The summed E-state index contributed by atoms with van der Waals surface area (Å²) in [5.41, 5.74) is 0.754. The summed E-state index contributed by atoms with van der Waals surface area (Å²) in [6, 6.07) is 1.71. The zero-order valence-electron chi connectivity index (χ0n) is 9.49. The van der Waals surface area contributed by atoms with Crippen molar-refractivity contribution in [2.45, 2.75) is 18.1 Å². The Labute approximate surface area is 104 Å². The molecule has 6 nitrogen and oxygen atoms in total. The van der Waals surface area contributed by atoms with Gasteiger partial charge in [-0.2, -0.15) is 8.42 Å². The maximum atomic E-state index is 12.8. The number of amides is 1. The molecule has 1 saturated heterocycles. The zero-order chi connectivity index (χ0) is 13.2. The van der Waals surface area contributed by atoms with E-state index in [9.17, 15) is 17.1 Å². The van der Waals surface area contributed by atoms with E-state index in [4.69, 9.17) is 0 Å². The van der Waals surface area contributed by atoms with Gasteiger partial charge in [0.15, 0.2) is 0 Å². The maximum Gasteiger partial charge on any atom is 0.307 e. The van der Waals surface area contributed by atoms with Crippen molar-refractivity contribution >= 4 is 16.1 Å². The van der Waals surface area contributed by atoms with Crippen LogP contribution in [0.5, 0.6) is 0 Å². The molecule has 1 unspecified atom stereocenters. The first-order chi connectivity index (χ1) is 8.47. The molecule has 0 saturated carbocycles. The summed E-state index contributed by atoms with van der Waals surface area (Å²) in [6.07, 6.45) is 3.20. The highest BCUT2D eigenvalue weighted by molar-refractivity contribution is 7.87. The van der Waals surface area contributed by atoms with E-state index >= 15 is 0 Å². The molecule has 1 aromatic heterocycles. The number of rotatable bonds is 4. The lowest BCUT2D eigenvalue weighted by Crippen LogP contribution is -2.29. The molecule has 98 valence electrons. The van der Waals surface area contributed by atoms with Gasteiger partial charge in [-0.15, -0.1) is 3.89 Å². The molecule has 1 aliphatic heterocycles. The standard InChI is InChI=1S/C10H12FN3O3S/c11-18(16,17)9-5-10(15)14(6-9)4-2-8-1-3-12-7-13-8/h1,3,7,9H,2,4-6H2. The molecule has 0 aliphatic carbocycles. The molecule has 0 bridgehead atoms. The van der Waals surface area contributed by atoms with Gasteiger partial charge in [-0.1, -0.05) is 0 Å². The summed E-state index contributed by atoms with van der Waals surface area (Å²) in [5, 5.41) is -1.23. The lowest BCUT2D eigenvalue weighted by molar-refractivity contribution is -0.127. The minimum Gasteiger partial charge on any atom is -0.341 e.